The highest BCUT2D eigenvalue weighted by Gasteiger charge is 2.19. The van der Waals surface area contributed by atoms with Crippen molar-refractivity contribution in [3.63, 3.8) is 0 Å². The van der Waals surface area contributed by atoms with Gasteiger partial charge in [0.2, 0.25) is 0 Å². The fourth-order valence-corrected chi connectivity index (χ4v) is 2.25. The molecule has 0 bridgehead atoms. The maximum absolute atomic E-state index is 12.2. The molecular weight excluding hydrogens is 282 g/mol. The smallest absolute Gasteiger partial charge is 0.326 e. The zero-order valence-electron chi connectivity index (χ0n) is 12.6. The van der Waals surface area contributed by atoms with Gasteiger partial charge in [0.05, 0.1) is 5.69 Å². The number of nitrogens with zero attached hydrogens (tertiary/aromatic N) is 2. The van der Waals surface area contributed by atoms with Crippen LogP contribution in [0.1, 0.15) is 35.7 Å². The van der Waals surface area contributed by atoms with Crippen molar-refractivity contribution in [3.8, 4) is 5.69 Å². The second kappa shape index (κ2) is 6.89. The highest BCUT2D eigenvalue weighted by Crippen LogP contribution is 2.15. The number of carboxylic acids is 1. The van der Waals surface area contributed by atoms with Crippen LogP contribution < -0.4 is 5.32 Å². The van der Waals surface area contributed by atoms with E-state index in [1.807, 2.05) is 26.1 Å². The summed E-state index contributed by atoms with van der Waals surface area (Å²) >= 11 is 0. The molecule has 1 atom stereocenters. The van der Waals surface area contributed by atoms with Gasteiger partial charge in [0.1, 0.15) is 6.04 Å². The van der Waals surface area contributed by atoms with Crippen molar-refractivity contribution in [2.75, 3.05) is 0 Å². The second-order valence-electron chi connectivity index (χ2n) is 5.10. The summed E-state index contributed by atoms with van der Waals surface area (Å²) in [5.41, 5.74) is 2.21. The summed E-state index contributed by atoms with van der Waals surface area (Å²) in [6.07, 6.45) is 4.60. The predicted molar refractivity (Wildman–Crippen MR) is 82.1 cm³/mol. The number of hydrogen-bond donors (Lipinski definition) is 2. The lowest BCUT2D eigenvalue weighted by Crippen LogP contribution is -2.40. The number of carbonyl (C=O) groups excluding carboxylic acids is 1. The van der Waals surface area contributed by atoms with Gasteiger partial charge in [-0.1, -0.05) is 13.3 Å². The third-order valence-corrected chi connectivity index (χ3v) is 3.39. The Morgan fingerprint density at radius 2 is 2.18 bits per heavy atom. The van der Waals surface area contributed by atoms with Crippen LogP contribution in [0.2, 0.25) is 0 Å². The normalized spacial score (nSPS) is 11.9. The molecule has 0 radical (unpaired) electrons. The van der Waals surface area contributed by atoms with E-state index in [0.717, 1.165) is 11.3 Å². The molecule has 0 fully saturated rings. The summed E-state index contributed by atoms with van der Waals surface area (Å²) < 4.78 is 1.72. The average molecular weight is 301 g/mol. The van der Waals surface area contributed by atoms with Gasteiger partial charge in [-0.3, -0.25) is 4.79 Å². The van der Waals surface area contributed by atoms with Gasteiger partial charge < -0.3 is 10.4 Å². The Morgan fingerprint density at radius 1 is 1.41 bits per heavy atom. The number of carbonyl (C=O) groups is 2. The number of amides is 1. The number of aromatic nitrogens is 2. The zero-order valence-corrected chi connectivity index (χ0v) is 12.6. The Morgan fingerprint density at radius 3 is 2.73 bits per heavy atom. The number of nitrogens with one attached hydrogen (secondary N) is 1. The number of rotatable bonds is 6. The number of hydrogen-bond acceptors (Lipinski definition) is 3. The van der Waals surface area contributed by atoms with Gasteiger partial charge in [-0.2, -0.15) is 5.10 Å². The number of aliphatic carboxylic acids is 1. The Hall–Kier alpha value is -2.63. The molecule has 116 valence electrons. The van der Waals surface area contributed by atoms with E-state index >= 15 is 0 Å². The summed E-state index contributed by atoms with van der Waals surface area (Å²) in [6.45, 7) is 3.76. The van der Waals surface area contributed by atoms with Crippen molar-refractivity contribution >= 4 is 11.9 Å². The van der Waals surface area contributed by atoms with Crippen LogP contribution in [-0.4, -0.2) is 32.8 Å². The first-order valence-corrected chi connectivity index (χ1v) is 7.17. The van der Waals surface area contributed by atoms with Crippen LogP contribution >= 0.6 is 0 Å². The SMILES string of the molecule is CCCC(NC(=O)c1ccc(-n2cccn2)c(C)c1)C(=O)O. The van der Waals surface area contributed by atoms with E-state index in [0.29, 0.717) is 18.4 Å². The van der Waals surface area contributed by atoms with Gasteiger partial charge in [-0.15, -0.1) is 0 Å². The van der Waals surface area contributed by atoms with Crippen LogP contribution in [0.3, 0.4) is 0 Å². The van der Waals surface area contributed by atoms with E-state index in [1.165, 1.54) is 0 Å². The highest BCUT2D eigenvalue weighted by atomic mass is 16.4. The average Bonchev–Trinajstić information content (AvgIpc) is 3.00. The molecule has 1 heterocycles. The summed E-state index contributed by atoms with van der Waals surface area (Å²) in [7, 11) is 0. The predicted octanol–water partition coefficient (Wildman–Crippen LogP) is 2.16. The van der Waals surface area contributed by atoms with E-state index in [-0.39, 0.29) is 5.91 Å². The van der Waals surface area contributed by atoms with Crippen molar-refractivity contribution in [1.82, 2.24) is 15.1 Å². The topological polar surface area (TPSA) is 84.2 Å². The molecule has 2 rings (SSSR count). The van der Waals surface area contributed by atoms with Gasteiger partial charge in [-0.25, -0.2) is 9.48 Å². The number of benzene rings is 1. The lowest BCUT2D eigenvalue weighted by atomic mass is 10.1. The standard InChI is InChI=1S/C16H19N3O3/c1-3-5-13(16(21)22)18-15(20)12-6-7-14(11(2)10-12)19-9-4-8-17-19/h4,6-10,13H,3,5H2,1-2H3,(H,18,20)(H,21,22). The first-order valence-electron chi connectivity index (χ1n) is 7.17. The quantitative estimate of drug-likeness (QED) is 0.856. The molecule has 0 aliphatic carbocycles. The van der Waals surface area contributed by atoms with Crippen molar-refractivity contribution in [2.45, 2.75) is 32.7 Å². The molecule has 0 saturated carbocycles. The van der Waals surface area contributed by atoms with Crippen LogP contribution in [0.25, 0.3) is 5.69 Å². The maximum atomic E-state index is 12.2. The first-order chi connectivity index (χ1) is 10.5. The molecule has 0 spiro atoms. The molecule has 6 heteroatoms. The van der Waals surface area contributed by atoms with Crippen LogP contribution in [0.4, 0.5) is 0 Å². The maximum Gasteiger partial charge on any atom is 0.326 e. The molecule has 2 N–H and O–H groups in total. The summed E-state index contributed by atoms with van der Waals surface area (Å²) in [5.74, 6) is -1.39. The minimum Gasteiger partial charge on any atom is -0.480 e. The first kappa shape index (κ1) is 15.8. The molecule has 1 aromatic carbocycles. The minimum atomic E-state index is -1.01. The molecule has 6 nitrogen and oxygen atoms in total. The Labute approximate surface area is 128 Å². The lowest BCUT2D eigenvalue weighted by molar-refractivity contribution is -0.139. The van der Waals surface area contributed by atoms with Gasteiger partial charge in [0, 0.05) is 18.0 Å². The number of carboxylic acid groups (broad SMARTS) is 1. The van der Waals surface area contributed by atoms with E-state index in [4.69, 9.17) is 5.11 Å². The molecule has 22 heavy (non-hydrogen) atoms. The molecule has 1 unspecified atom stereocenters. The Bertz CT molecular complexity index is 665. The third-order valence-electron chi connectivity index (χ3n) is 3.39. The molecule has 0 aliphatic heterocycles. The van der Waals surface area contributed by atoms with E-state index in [2.05, 4.69) is 10.4 Å². The minimum absolute atomic E-state index is 0.379. The molecule has 0 aliphatic rings. The van der Waals surface area contributed by atoms with Crippen molar-refractivity contribution in [2.24, 2.45) is 0 Å². The van der Waals surface area contributed by atoms with E-state index in [1.54, 1.807) is 29.1 Å². The van der Waals surface area contributed by atoms with Gasteiger partial charge in [0.25, 0.3) is 5.91 Å². The molecule has 0 saturated heterocycles. The van der Waals surface area contributed by atoms with E-state index in [9.17, 15) is 9.59 Å². The van der Waals surface area contributed by atoms with Crippen LogP contribution in [0.5, 0.6) is 0 Å². The Balaban J connectivity index is 2.17. The monoisotopic (exact) mass is 301 g/mol. The van der Waals surface area contributed by atoms with Crippen LogP contribution in [0.15, 0.2) is 36.7 Å². The highest BCUT2D eigenvalue weighted by molar-refractivity contribution is 5.97. The second-order valence-corrected chi connectivity index (χ2v) is 5.10. The van der Waals surface area contributed by atoms with E-state index < -0.39 is 12.0 Å². The zero-order chi connectivity index (χ0) is 16.1. The molecule has 1 aromatic heterocycles. The van der Waals surface area contributed by atoms with Crippen molar-refractivity contribution in [1.29, 1.82) is 0 Å². The van der Waals surface area contributed by atoms with Crippen molar-refractivity contribution in [3.05, 3.63) is 47.8 Å². The lowest BCUT2D eigenvalue weighted by Gasteiger charge is -2.14. The van der Waals surface area contributed by atoms with Crippen molar-refractivity contribution < 1.29 is 14.7 Å². The van der Waals surface area contributed by atoms with Gasteiger partial charge >= 0.3 is 5.97 Å². The fraction of sp³-hybridized carbons (Fsp3) is 0.312. The van der Waals surface area contributed by atoms with Crippen LogP contribution in [0, 0.1) is 6.92 Å². The summed E-state index contributed by atoms with van der Waals surface area (Å²) in [4.78, 5) is 23.3. The van der Waals surface area contributed by atoms with Gasteiger partial charge in [0.15, 0.2) is 0 Å². The molecule has 1 amide bonds. The van der Waals surface area contributed by atoms with Gasteiger partial charge in [-0.05, 0) is 43.2 Å². The molecule has 2 aromatic rings. The van der Waals surface area contributed by atoms with Crippen LogP contribution in [-0.2, 0) is 4.79 Å². The summed E-state index contributed by atoms with van der Waals surface area (Å²) in [6, 6.07) is 6.17. The largest absolute Gasteiger partial charge is 0.480 e. The fourth-order valence-electron chi connectivity index (χ4n) is 2.25. The molecular formula is C16H19N3O3. The summed E-state index contributed by atoms with van der Waals surface area (Å²) in [5, 5.41) is 15.8. The third kappa shape index (κ3) is 3.52. The number of aryl methyl sites for hydroxylation is 1. The Kier molecular flexibility index (Phi) is 4.93.